The van der Waals surface area contributed by atoms with Crippen molar-refractivity contribution < 1.29 is 8.78 Å². The van der Waals surface area contributed by atoms with Gasteiger partial charge in [0.1, 0.15) is 5.82 Å². The van der Waals surface area contributed by atoms with E-state index in [0.29, 0.717) is 5.96 Å². The van der Waals surface area contributed by atoms with Gasteiger partial charge in [-0.15, -0.1) is 0 Å². The molecule has 2 N–H and O–H groups in total. The highest BCUT2D eigenvalue weighted by Gasteiger charge is 2.44. The van der Waals surface area contributed by atoms with Gasteiger partial charge in [-0.2, -0.15) is 8.78 Å². The van der Waals surface area contributed by atoms with Gasteiger partial charge in [-0.1, -0.05) is 28.1 Å². The molecule has 8 heteroatoms. The molecule has 0 bridgehead atoms. The normalized spacial score (nSPS) is 16.1. The molecular weight excluding hydrogens is 392 g/mol. The number of imidazole rings is 1. The topological polar surface area (TPSA) is 54.2 Å². The number of rotatable bonds is 6. The standard InChI is InChI=1S/C17H20BrF2N5/c1-21-16(23-10-14-22-7-8-25(14)15(19)20)24-11-17(5-6-17)12-3-2-4-13(18)9-12/h2-4,7-9,15H,5-6,10-11H2,1H3,(H2,21,23,24). The van der Waals surface area contributed by atoms with Crippen LogP contribution >= 0.6 is 15.9 Å². The minimum absolute atomic E-state index is 0.114. The van der Waals surface area contributed by atoms with E-state index in [9.17, 15) is 8.78 Å². The average molecular weight is 412 g/mol. The largest absolute Gasteiger partial charge is 0.356 e. The number of guanidine groups is 1. The van der Waals surface area contributed by atoms with E-state index in [2.05, 4.69) is 48.7 Å². The second-order valence-corrected chi connectivity index (χ2v) is 7.01. The van der Waals surface area contributed by atoms with E-state index in [1.807, 2.05) is 12.1 Å². The Morgan fingerprint density at radius 1 is 1.40 bits per heavy atom. The third kappa shape index (κ3) is 4.18. The van der Waals surface area contributed by atoms with Crippen LogP contribution in [0, 0.1) is 0 Å². The lowest BCUT2D eigenvalue weighted by atomic mass is 9.96. The second-order valence-electron chi connectivity index (χ2n) is 6.10. The molecule has 0 aliphatic heterocycles. The van der Waals surface area contributed by atoms with E-state index < -0.39 is 6.55 Å². The third-order valence-electron chi connectivity index (χ3n) is 4.48. The molecule has 1 heterocycles. The summed E-state index contributed by atoms with van der Waals surface area (Å²) in [6, 6.07) is 8.33. The minimum Gasteiger partial charge on any atom is -0.356 e. The third-order valence-corrected chi connectivity index (χ3v) is 4.97. The smallest absolute Gasteiger partial charge is 0.319 e. The molecule has 0 radical (unpaired) electrons. The van der Waals surface area contributed by atoms with Gasteiger partial charge in [-0.3, -0.25) is 9.56 Å². The highest BCUT2D eigenvalue weighted by molar-refractivity contribution is 9.10. The van der Waals surface area contributed by atoms with Crippen molar-refractivity contribution in [3.8, 4) is 0 Å². The van der Waals surface area contributed by atoms with Crippen LogP contribution in [0.1, 0.15) is 30.8 Å². The maximum absolute atomic E-state index is 12.8. The fraction of sp³-hybridized carbons (Fsp3) is 0.412. The Balaban J connectivity index is 1.57. The van der Waals surface area contributed by atoms with Crippen LogP contribution in [0.4, 0.5) is 8.78 Å². The molecule has 0 spiro atoms. The quantitative estimate of drug-likeness (QED) is 0.565. The maximum Gasteiger partial charge on any atom is 0.319 e. The predicted molar refractivity (Wildman–Crippen MR) is 96.7 cm³/mol. The lowest BCUT2D eigenvalue weighted by molar-refractivity contribution is 0.0668. The molecule has 1 fully saturated rings. The maximum atomic E-state index is 12.8. The number of nitrogens with zero attached hydrogens (tertiary/aromatic N) is 3. The summed E-state index contributed by atoms with van der Waals surface area (Å²) in [6.45, 7) is -1.67. The summed E-state index contributed by atoms with van der Waals surface area (Å²) < 4.78 is 27.6. The Kier molecular flexibility index (Phi) is 5.36. The van der Waals surface area contributed by atoms with E-state index in [1.54, 1.807) is 7.05 Å². The molecule has 0 unspecified atom stereocenters. The van der Waals surface area contributed by atoms with Gasteiger partial charge in [-0.05, 0) is 30.5 Å². The van der Waals surface area contributed by atoms with Gasteiger partial charge in [0, 0.05) is 35.9 Å². The van der Waals surface area contributed by atoms with Crippen LogP contribution in [0.3, 0.4) is 0 Å². The highest BCUT2D eigenvalue weighted by atomic mass is 79.9. The Morgan fingerprint density at radius 3 is 2.84 bits per heavy atom. The van der Waals surface area contributed by atoms with E-state index in [-0.39, 0.29) is 17.8 Å². The van der Waals surface area contributed by atoms with Gasteiger partial charge < -0.3 is 10.6 Å². The Bertz CT molecular complexity index is 755. The van der Waals surface area contributed by atoms with Crippen LogP contribution in [-0.2, 0) is 12.0 Å². The first-order chi connectivity index (χ1) is 12.0. The fourth-order valence-corrected chi connectivity index (χ4v) is 3.23. The predicted octanol–water partition coefficient (Wildman–Crippen LogP) is 3.44. The number of alkyl halides is 2. The molecule has 5 nitrogen and oxygen atoms in total. The van der Waals surface area contributed by atoms with Crippen molar-refractivity contribution in [2.24, 2.45) is 4.99 Å². The van der Waals surface area contributed by atoms with Crippen LogP contribution in [0.25, 0.3) is 0 Å². The first kappa shape index (κ1) is 17.8. The Labute approximate surface area is 153 Å². The first-order valence-electron chi connectivity index (χ1n) is 8.04. The second kappa shape index (κ2) is 7.51. The molecule has 0 saturated heterocycles. The van der Waals surface area contributed by atoms with Gasteiger partial charge in [0.05, 0.1) is 6.54 Å². The highest BCUT2D eigenvalue weighted by Crippen LogP contribution is 2.48. The zero-order chi connectivity index (χ0) is 17.9. The minimum atomic E-state index is -2.60. The van der Waals surface area contributed by atoms with Crippen LogP contribution in [-0.4, -0.2) is 29.1 Å². The monoisotopic (exact) mass is 411 g/mol. The summed E-state index contributed by atoms with van der Waals surface area (Å²) in [4.78, 5) is 8.12. The van der Waals surface area contributed by atoms with Gasteiger partial charge >= 0.3 is 6.55 Å². The molecule has 25 heavy (non-hydrogen) atoms. The van der Waals surface area contributed by atoms with Crippen molar-refractivity contribution in [2.75, 3.05) is 13.6 Å². The van der Waals surface area contributed by atoms with Crippen LogP contribution in [0.5, 0.6) is 0 Å². The lowest BCUT2D eigenvalue weighted by Crippen LogP contribution is -2.41. The Hall–Kier alpha value is -1.96. The molecule has 3 rings (SSSR count). The Morgan fingerprint density at radius 2 is 2.20 bits per heavy atom. The number of benzene rings is 1. The summed E-state index contributed by atoms with van der Waals surface area (Å²) in [5, 5.41) is 6.34. The number of aromatic nitrogens is 2. The molecule has 1 aliphatic rings. The summed E-state index contributed by atoms with van der Waals surface area (Å²) >= 11 is 3.51. The van der Waals surface area contributed by atoms with Crippen molar-refractivity contribution in [3.63, 3.8) is 0 Å². The SMILES string of the molecule is CN=C(NCc1nccn1C(F)F)NCC1(c2cccc(Br)c2)CC1. The number of halogens is 3. The number of hydrogen-bond donors (Lipinski definition) is 2. The summed E-state index contributed by atoms with van der Waals surface area (Å²) in [7, 11) is 1.66. The van der Waals surface area contributed by atoms with Gasteiger partial charge in [-0.25, -0.2) is 4.98 Å². The van der Waals surface area contributed by atoms with Crippen molar-refractivity contribution in [1.29, 1.82) is 0 Å². The van der Waals surface area contributed by atoms with Crippen molar-refractivity contribution in [3.05, 3.63) is 52.5 Å². The van der Waals surface area contributed by atoms with E-state index >= 15 is 0 Å². The van der Waals surface area contributed by atoms with E-state index in [1.165, 1.54) is 18.0 Å². The molecule has 1 aliphatic carbocycles. The molecule has 134 valence electrons. The molecule has 1 aromatic carbocycles. The van der Waals surface area contributed by atoms with Crippen molar-refractivity contribution >= 4 is 21.9 Å². The van der Waals surface area contributed by atoms with Crippen LogP contribution < -0.4 is 10.6 Å². The fourth-order valence-electron chi connectivity index (χ4n) is 2.83. The average Bonchev–Trinajstić information content (AvgIpc) is 3.24. The molecular formula is C17H20BrF2N5. The summed E-state index contributed by atoms with van der Waals surface area (Å²) in [6.07, 6.45) is 4.86. The van der Waals surface area contributed by atoms with Crippen LogP contribution in [0.15, 0.2) is 46.1 Å². The number of hydrogen-bond acceptors (Lipinski definition) is 2. The van der Waals surface area contributed by atoms with Crippen molar-refractivity contribution in [2.45, 2.75) is 31.4 Å². The van der Waals surface area contributed by atoms with Gasteiger partial charge in [0.25, 0.3) is 0 Å². The van der Waals surface area contributed by atoms with E-state index in [4.69, 9.17) is 0 Å². The zero-order valence-electron chi connectivity index (χ0n) is 13.8. The van der Waals surface area contributed by atoms with E-state index in [0.717, 1.165) is 28.4 Å². The molecule has 0 atom stereocenters. The van der Waals surface area contributed by atoms with Gasteiger partial charge in [0.15, 0.2) is 5.96 Å². The van der Waals surface area contributed by atoms with Crippen molar-refractivity contribution in [1.82, 2.24) is 20.2 Å². The molecule has 1 aromatic heterocycles. The van der Waals surface area contributed by atoms with Crippen LogP contribution in [0.2, 0.25) is 0 Å². The summed E-state index contributed by atoms with van der Waals surface area (Å²) in [5.41, 5.74) is 1.40. The molecule has 0 amide bonds. The number of nitrogens with one attached hydrogen (secondary N) is 2. The zero-order valence-corrected chi connectivity index (χ0v) is 15.4. The van der Waals surface area contributed by atoms with Gasteiger partial charge in [0.2, 0.25) is 0 Å². The molecule has 2 aromatic rings. The first-order valence-corrected chi connectivity index (χ1v) is 8.84. The molecule has 1 saturated carbocycles. The summed E-state index contributed by atoms with van der Waals surface area (Å²) in [5.74, 6) is 0.844. The number of aliphatic imine (C=N–C) groups is 1. The lowest BCUT2D eigenvalue weighted by Gasteiger charge is -2.19.